The zero-order chi connectivity index (χ0) is 11.7. The third-order valence-electron chi connectivity index (χ3n) is 2.50. The van der Waals surface area contributed by atoms with Crippen molar-refractivity contribution in [3.05, 3.63) is 29.8 Å². The maximum absolute atomic E-state index is 11.7. The molecule has 0 spiro atoms. The van der Waals surface area contributed by atoms with Gasteiger partial charge in [0.1, 0.15) is 0 Å². The number of nitrogens with zero attached hydrogens (tertiary/aromatic N) is 2. The van der Waals surface area contributed by atoms with Crippen molar-refractivity contribution in [3.63, 3.8) is 0 Å². The zero-order valence-electron chi connectivity index (χ0n) is 9.18. The summed E-state index contributed by atoms with van der Waals surface area (Å²) in [7, 11) is 0. The summed E-state index contributed by atoms with van der Waals surface area (Å²) in [4.78, 5) is 22.9. The van der Waals surface area contributed by atoms with Gasteiger partial charge in [-0.3, -0.25) is 9.59 Å². The van der Waals surface area contributed by atoms with Gasteiger partial charge in [0, 0.05) is 11.8 Å². The Morgan fingerprint density at radius 3 is 2.75 bits per heavy atom. The molecule has 0 aliphatic carbocycles. The van der Waals surface area contributed by atoms with Crippen LogP contribution in [0.5, 0.6) is 0 Å². The van der Waals surface area contributed by atoms with Gasteiger partial charge in [0.2, 0.25) is 0 Å². The second-order valence-corrected chi connectivity index (χ2v) is 3.81. The monoisotopic (exact) mass is 216 g/mol. The van der Waals surface area contributed by atoms with E-state index in [1.54, 1.807) is 37.4 Å². The minimum atomic E-state index is -0.194. The second kappa shape index (κ2) is 3.89. The van der Waals surface area contributed by atoms with Crippen LogP contribution in [0.15, 0.2) is 29.4 Å². The Labute approximate surface area is 93.6 Å². The lowest BCUT2D eigenvalue weighted by molar-refractivity contribution is -0.119. The molecule has 0 saturated carbocycles. The number of Topliss-reactive ketones (excluding diaryl/α,β-unsaturated/α-hetero) is 1. The van der Waals surface area contributed by atoms with E-state index in [1.165, 1.54) is 11.9 Å². The molecule has 1 atom stereocenters. The van der Waals surface area contributed by atoms with E-state index in [2.05, 4.69) is 5.10 Å². The summed E-state index contributed by atoms with van der Waals surface area (Å²) >= 11 is 0. The number of ketones is 1. The second-order valence-electron chi connectivity index (χ2n) is 3.81. The van der Waals surface area contributed by atoms with Crippen molar-refractivity contribution in [2.45, 2.75) is 13.8 Å². The Hall–Kier alpha value is -1.97. The minimum Gasteiger partial charge on any atom is -0.295 e. The number of carbonyl (C=O) groups excluding carboxylic acids is 2. The van der Waals surface area contributed by atoms with Gasteiger partial charge in [0.15, 0.2) is 5.78 Å². The number of benzene rings is 1. The maximum Gasteiger partial charge on any atom is 0.255 e. The predicted molar refractivity (Wildman–Crippen MR) is 61.6 cm³/mol. The predicted octanol–water partition coefficient (Wildman–Crippen LogP) is 1.86. The first-order chi connectivity index (χ1) is 7.59. The summed E-state index contributed by atoms with van der Waals surface area (Å²) in [5.74, 6) is -0.285. The molecule has 1 aromatic carbocycles. The highest BCUT2D eigenvalue weighted by atomic mass is 16.2. The van der Waals surface area contributed by atoms with E-state index in [0.717, 1.165) is 0 Å². The lowest BCUT2D eigenvalue weighted by atomic mass is 10.1. The molecule has 0 aromatic heterocycles. The minimum absolute atomic E-state index is 0.0227. The van der Waals surface area contributed by atoms with Gasteiger partial charge < -0.3 is 0 Å². The van der Waals surface area contributed by atoms with Gasteiger partial charge in [-0.2, -0.15) is 5.10 Å². The summed E-state index contributed by atoms with van der Waals surface area (Å²) in [6.07, 6.45) is 1.60. The Bertz CT molecular complexity index is 480. The summed E-state index contributed by atoms with van der Waals surface area (Å²) in [6.45, 7) is 3.29. The van der Waals surface area contributed by atoms with Gasteiger partial charge in [0.25, 0.3) is 5.91 Å². The molecule has 0 saturated heterocycles. The highest BCUT2D eigenvalue weighted by molar-refractivity contribution is 6.08. The van der Waals surface area contributed by atoms with Gasteiger partial charge in [-0.15, -0.1) is 0 Å². The van der Waals surface area contributed by atoms with Crippen molar-refractivity contribution in [1.29, 1.82) is 0 Å². The SMILES string of the molecule is CC(=O)c1cccc(N2N=CC(C)C2=O)c1. The number of amides is 1. The van der Waals surface area contributed by atoms with E-state index in [4.69, 9.17) is 0 Å². The van der Waals surface area contributed by atoms with Crippen LogP contribution in [0.4, 0.5) is 5.69 Å². The van der Waals surface area contributed by atoms with Gasteiger partial charge in [-0.05, 0) is 26.0 Å². The average Bonchev–Trinajstić information content (AvgIpc) is 2.60. The topological polar surface area (TPSA) is 49.7 Å². The molecule has 1 aliphatic rings. The van der Waals surface area contributed by atoms with Crippen LogP contribution in [0.2, 0.25) is 0 Å². The third kappa shape index (κ3) is 1.74. The van der Waals surface area contributed by atoms with Crippen LogP contribution in [-0.2, 0) is 4.79 Å². The summed E-state index contributed by atoms with van der Waals surface area (Å²) in [5, 5.41) is 5.35. The van der Waals surface area contributed by atoms with Crippen LogP contribution < -0.4 is 5.01 Å². The van der Waals surface area contributed by atoms with Crippen molar-refractivity contribution in [1.82, 2.24) is 0 Å². The van der Waals surface area contributed by atoms with Crippen molar-refractivity contribution in [2.75, 3.05) is 5.01 Å². The Morgan fingerprint density at radius 1 is 1.44 bits per heavy atom. The van der Waals surface area contributed by atoms with Crippen LogP contribution in [0, 0.1) is 5.92 Å². The highest BCUT2D eigenvalue weighted by Gasteiger charge is 2.25. The van der Waals surface area contributed by atoms with Gasteiger partial charge in [-0.1, -0.05) is 12.1 Å². The Balaban J connectivity index is 2.35. The van der Waals surface area contributed by atoms with E-state index in [0.29, 0.717) is 11.3 Å². The fourth-order valence-electron chi connectivity index (χ4n) is 1.53. The normalized spacial score (nSPS) is 19.2. The molecule has 16 heavy (non-hydrogen) atoms. The van der Waals surface area contributed by atoms with Gasteiger partial charge in [-0.25, -0.2) is 5.01 Å². The molecular formula is C12H12N2O2. The molecule has 2 rings (SSSR count). The van der Waals surface area contributed by atoms with E-state index < -0.39 is 0 Å². The fraction of sp³-hybridized carbons (Fsp3) is 0.250. The zero-order valence-corrected chi connectivity index (χ0v) is 9.18. The van der Waals surface area contributed by atoms with Gasteiger partial charge in [0.05, 0.1) is 11.6 Å². The van der Waals surface area contributed by atoms with Crippen LogP contribution in [-0.4, -0.2) is 17.9 Å². The molecule has 0 bridgehead atoms. The number of rotatable bonds is 2. The standard InChI is InChI=1S/C12H12N2O2/c1-8-7-13-14(12(8)16)11-5-3-4-10(6-11)9(2)15/h3-8H,1-2H3. The average molecular weight is 216 g/mol. The maximum atomic E-state index is 11.7. The summed E-state index contributed by atoms with van der Waals surface area (Å²) < 4.78 is 0. The molecule has 0 N–H and O–H groups in total. The quantitative estimate of drug-likeness (QED) is 0.708. The number of hydrogen-bond donors (Lipinski definition) is 0. The molecule has 1 aromatic rings. The van der Waals surface area contributed by atoms with E-state index in [9.17, 15) is 9.59 Å². The smallest absolute Gasteiger partial charge is 0.255 e. The van der Waals surface area contributed by atoms with E-state index in [1.807, 2.05) is 0 Å². The molecule has 0 radical (unpaired) electrons. The first-order valence-corrected chi connectivity index (χ1v) is 5.08. The van der Waals surface area contributed by atoms with E-state index >= 15 is 0 Å². The van der Waals surface area contributed by atoms with Crippen LogP contribution in [0.25, 0.3) is 0 Å². The molecule has 0 fully saturated rings. The number of carbonyl (C=O) groups is 2. The summed E-state index contributed by atoms with van der Waals surface area (Å²) in [5.41, 5.74) is 1.22. The third-order valence-corrected chi connectivity index (χ3v) is 2.50. The first-order valence-electron chi connectivity index (χ1n) is 5.08. The molecule has 1 amide bonds. The van der Waals surface area contributed by atoms with Crippen LogP contribution in [0.3, 0.4) is 0 Å². The van der Waals surface area contributed by atoms with Crippen LogP contribution in [0.1, 0.15) is 24.2 Å². The van der Waals surface area contributed by atoms with Gasteiger partial charge >= 0.3 is 0 Å². The molecule has 1 heterocycles. The van der Waals surface area contributed by atoms with Crippen molar-refractivity contribution >= 4 is 23.6 Å². The van der Waals surface area contributed by atoms with Crippen molar-refractivity contribution < 1.29 is 9.59 Å². The highest BCUT2D eigenvalue weighted by Crippen LogP contribution is 2.22. The lowest BCUT2D eigenvalue weighted by Crippen LogP contribution is -2.24. The summed E-state index contributed by atoms with van der Waals surface area (Å²) in [6, 6.07) is 6.91. The number of anilines is 1. The molecule has 1 aliphatic heterocycles. The lowest BCUT2D eigenvalue weighted by Gasteiger charge is -2.13. The first kappa shape index (κ1) is 10.5. The Morgan fingerprint density at radius 2 is 2.19 bits per heavy atom. The molecule has 4 nitrogen and oxygen atoms in total. The molecular weight excluding hydrogens is 204 g/mol. The number of hydrazone groups is 1. The van der Waals surface area contributed by atoms with Crippen molar-refractivity contribution in [3.8, 4) is 0 Å². The number of hydrogen-bond acceptors (Lipinski definition) is 3. The molecule has 82 valence electrons. The molecule has 4 heteroatoms. The van der Waals surface area contributed by atoms with Crippen molar-refractivity contribution in [2.24, 2.45) is 11.0 Å². The Kier molecular flexibility index (Phi) is 2.56. The fourth-order valence-corrected chi connectivity index (χ4v) is 1.53. The molecule has 1 unspecified atom stereocenters. The van der Waals surface area contributed by atoms with Crippen LogP contribution >= 0.6 is 0 Å². The largest absolute Gasteiger partial charge is 0.295 e. The van der Waals surface area contributed by atoms with E-state index in [-0.39, 0.29) is 17.6 Å².